The van der Waals surface area contributed by atoms with Crippen LogP contribution in [0, 0.1) is 6.92 Å². The third-order valence-electron chi connectivity index (χ3n) is 4.91. The molecule has 0 bridgehead atoms. The van der Waals surface area contributed by atoms with Crippen molar-refractivity contribution in [2.24, 2.45) is 7.05 Å². The molecular formula is C18H24N4O. The highest BCUT2D eigenvalue weighted by molar-refractivity contribution is 5.74. The number of carbonyl (C=O) groups excluding carboxylic acids is 1. The molecule has 1 aliphatic carbocycles. The molecule has 3 rings (SSSR count). The third kappa shape index (κ3) is 3.23. The molecule has 0 aliphatic heterocycles. The topological polar surface area (TPSA) is 59.0 Å². The van der Waals surface area contributed by atoms with Gasteiger partial charge in [-0.15, -0.1) is 0 Å². The monoisotopic (exact) mass is 312 g/mol. The zero-order valence-corrected chi connectivity index (χ0v) is 14.0. The minimum atomic E-state index is -0.122. The van der Waals surface area contributed by atoms with Gasteiger partial charge in [0.15, 0.2) is 0 Å². The van der Waals surface area contributed by atoms with E-state index in [1.165, 1.54) is 5.56 Å². The number of aryl methyl sites for hydroxylation is 1. The van der Waals surface area contributed by atoms with Gasteiger partial charge in [-0.3, -0.25) is 4.68 Å². The van der Waals surface area contributed by atoms with E-state index in [2.05, 4.69) is 40.0 Å². The van der Waals surface area contributed by atoms with Crippen LogP contribution in [-0.4, -0.2) is 22.4 Å². The van der Waals surface area contributed by atoms with E-state index in [1.54, 1.807) is 0 Å². The van der Waals surface area contributed by atoms with Gasteiger partial charge < -0.3 is 10.6 Å². The highest BCUT2D eigenvalue weighted by atomic mass is 16.2. The van der Waals surface area contributed by atoms with E-state index in [9.17, 15) is 4.79 Å². The van der Waals surface area contributed by atoms with Crippen molar-refractivity contribution in [1.82, 2.24) is 20.4 Å². The summed E-state index contributed by atoms with van der Waals surface area (Å²) in [6.07, 6.45) is 4.08. The summed E-state index contributed by atoms with van der Waals surface area (Å²) in [4.78, 5) is 12.2. The van der Waals surface area contributed by atoms with E-state index in [1.807, 2.05) is 37.8 Å². The van der Waals surface area contributed by atoms with Gasteiger partial charge in [0.1, 0.15) is 0 Å². The maximum absolute atomic E-state index is 12.2. The van der Waals surface area contributed by atoms with Gasteiger partial charge in [0.2, 0.25) is 0 Å². The van der Waals surface area contributed by atoms with Gasteiger partial charge in [-0.2, -0.15) is 5.10 Å². The molecule has 1 aromatic carbocycles. The summed E-state index contributed by atoms with van der Waals surface area (Å²) in [6, 6.07) is 10.3. The van der Waals surface area contributed by atoms with Crippen molar-refractivity contribution in [3.05, 3.63) is 53.3 Å². The zero-order valence-electron chi connectivity index (χ0n) is 14.0. The molecular weight excluding hydrogens is 288 g/mol. The number of nitrogens with one attached hydrogen (secondary N) is 2. The summed E-state index contributed by atoms with van der Waals surface area (Å²) in [6.45, 7) is 4.67. The summed E-state index contributed by atoms with van der Waals surface area (Å²) in [5.41, 5.74) is 3.57. The Bertz CT molecular complexity index is 688. The van der Waals surface area contributed by atoms with Crippen LogP contribution in [0.4, 0.5) is 4.79 Å². The maximum atomic E-state index is 12.2. The van der Waals surface area contributed by atoms with Crippen molar-refractivity contribution in [2.75, 3.05) is 6.54 Å². The van der Waals surface area contributed by atoms with E-state index in [4.69, 9.17) is 0 Å². The molecule has 1 fully saturated rings. The largest absolute Gasteiger partial charge is 0.337 e. The van der Waals surface area contributed by atoms with E-state index in [0.29, 0.717) is 6.54 Å². The average molecular weight is 312 g/mol. The summed E-state index contributed by atoms with van der Waals surface area (Å²) in [5.74, 6) is 0. The molecule has 1 heterocycles. The molecule has 1 aromatic heterocycles. The normalized spacial score (nSPS) is 16.7. The lowest BCUT2D eigenvalue weighted by molar-refractivity contribution is 0.237. The average Bonchev–Trinajstić information content (AvgIpc) is 3.28. The second-order valence-corrected chi connectivity index (χ2v) is 6.50. The van der Waals surface area contributed by atoms with E-state index in [0.717, 1.165) is 24.1 Å². The number of rotatable bonds is 5. The number of hydrogen-bond donors (Lipinski definition) is 2. The Balaban J connectivity index is 1.55. The smallest absolute Gasteiger partial charge is 0.315 e. The lowest BCUT2D eigenvalue weighted by atomic mass is 9.96. The van der Waals surface area contributed by atoms with Crippen molar-refractivity contribution in [1.29, 1.82) is 0 Å². The Labute approximate surface area is 137 Å². The van der Waals surface area contributed by atoms with Gasteiger partial charge in [0.25, 0.3) is 0 Å². The van der Waals surface area contributed by atoms with Crippen LogP contribution in [0.1, 0.15) is 42.6 Å². The first-order chi connectivity index (χ1) is 11.0. The maximum Gasteiger partial charge on any atom is 0.315 e. The molecule has 1 saturated carbocycles. The standard InChI is InChI=1S/C18H24N4O/c1-13(16-11-20-22(3)14(16)2)21-17(23)19-12-18(9-10-18)15-7-5-4-6-8-15/h4-8,11,13H,9-10,12H2,1-3H3,(H2,19,21,23)/t13-/m0/s1. The van der Waals surface area contributed by atoms with Gasteiger partial charge in [0, 0.05) is 30.3 Å². The third-order valence-corrected chi connectivity index (χ3v) is 4.91. The molecule has 0 unspecified atom stereocenters. The summed E-state index contributed by atoms with van der Waals surface area (Å²) >= 11 is 0. The van der Waals surface area contributed by atoms with Crippen molar-refractivity contribution in [3.63, 3.8) is 0 Å². The second-order valence-electron chi connectivity index (χ2n) is 6.50. The zero-order chi connectivity index (χ0) is 16.4. The lowest BCUT2D eigenvalue weighted by Crippen LogP contribution is -2.40. The number of aromatic nitrogens is 2. The molecule has 0 radical (unpaired) electrons. The van der Waals surface area contributed by atoms with Gasteiger partial charge in [-0.1, -0.05) is 30.3 Å². The predicted octanol–water partition coefficient (Wildman–Crippen LogP) is 2.82. The number of urea groups is 1. The second kappa shape index (κ2) is 6.07. The molecule has 122 valence electrons. The Kier molecular flexibility index (Phi) is 4.11. The van der Waals surface area contributed by atoms with Gasteiger partial charge in [-0.05, 0) is 32.3 Å². The number of carbonyl (C=O) groups is 1. The molecule has 5 heteroatoms. The lowest BCUT2D eigenvalue weighted by Gasteiger charge is -2.19. The molecule has 0 saturated heterocycles. The molecule has 23 heavy (non-hydrogen) atoms. The van der Waals surface area contributed by atoms with Crippen molar-refractivity contribution < 1.29 is 4.79 Å². The van der Waals surface area contributed by atoms with Crippen LogP contribution in [-0.2, 0) is 12.5 Å². The summed E-state index contributed by atoms with van der Waals surface area (Å²) in [7, 11) is 1.91. The van der Waals surface area contributed by atoms with Crippen molar-refractivity contribution >= 4 is 6.03 Å². The van der Waals surface area contributed by atoms with E-state index >= 15 is 0 Å². The Morgan fingerprint density at radius 2 is 2.04 bits per heavy atom. The van der Waals surface area contributed by atoms with Crippen LogP contribution in [0.3, 0.4) is 0 Å². The number of hydrogen-bond acceptors (Lipinski definition) is 2. The van der Waals surface area contributed by atoms with E-state index in [-0.39, 0.29) is 17.5 Å². The molecule has 2 N–H and O–H groups in total. The highest BCUT2D eigenvalue weighted by Crippen LogP contribution is 2.47. The number of benzene rings is 1. The number of nitrogens with zero attached hydrogens (tertiary/aromatic N) is 2. The van der Waals surface area contributed by atoms with Gasteiger partial charge in [-0.25, -0.2) is 4.79 Å². The molecule has 2 amide bonds. The van der Waals surface area contributed by atoms with Crippen LogP contribution in [0.25, 0.3) is 0 Å². The fraction of sp³-hybridized carbons (Fsp3) is 0.444. The fourth-order valence-corrected chi connectivity index (χ4v) is 3.03. The summed E-state index contributed by atoms with van der Waals surface area (Å²) < 4.78 is 1.82. The highest BCUT2D eigenvalue weighted by Gasteiger charge is 2.44. The van der Waals surface area contributed by atoms with Crippen LogP contribution in [0.2, 0.25) is 0 Å². The Hall–Kier alpha value is -2.30. The van der Waals surface area contributed by atoms with Crippen LogP contribution < -0.4 is 10.6 Å². The quantitative estimate of drug-likeness (QED) is 0.892. The summed E-state index contributed by atoms with van der Waals surface area (Å²) in [5, 5.41) is 10.3. The Morgan fingerprint density at radius 3 is 2.61 bits per heavy atom. The molecule has 1 atom stereocenters. The first kappa shape index (κ1) is 15.6. The van der Waals surface area contributed by atoms with Crippen molar-refractivity contribution in [3.8, 4) is 0 Å². The molecule has 2 aromatic rings. The SMILES string of the molecule is Cc1c([C@H](C)NC(=O)NCC2(c3ccccc3)CC2)cnn1C. The first-order valence-corrected chi connectivity index (χ1v) is 8.10. The van der Waals surface area contributed by atoms with E-state index < -0.39 is 0 Å². The minimum Gasteiger partial charge on any atom is -0.337 e. The Morgan fingerprint density at radius 1 is 1.35 bits per heavy atom. The van der Waals surface area contributed by atoms with Crippen LogP contribution in [0.15, 0.2) is 36.5 Å². The van der Waals surface area contributed by atoms with Crippen LogP contribution in [0.5, 0.6) is 0 Å². The molecule has 5 nitrogen and oxygen atoms in total. The van der Waals surface area contributed by atoms with Crippen LogP contribution >= 0.6 is 0 Å². The van der Waals surface area contributed by atoms with Gasteiger partial charge in [0.05, 0.1) is 12.2 Å². The first-order valence-electron chi connectivity index (χ1n) is 8.10. The number of amides is 2. The van der Waals surface area contributed by atoms with Crippen molar-refractivity contribution in [2.45, 2.75) is 38.1 Å². The van der Waals surface area contributed by atoms with Gasteiger partial charge >= 0.3 is 6.03 Å². The molecule has 0 spiro atoms. The minimum absolute atomic E-state index is 0.0596. The molecule has 1 aliphatic rings. The fourth-order valence-electron chi connectivity index (χ4n) is 3.03. The predicted molar refractivity (Wildman–Crippen MR) is 90.2 cm³/mol.